The number of hydrogen-bond acceptors (Lipinski definition) is 3. The Morgan fingerprint density at radius 2 is 2.35 bits per heavy atom. The zero-order valence-electron chi connectivity index (χ0n) is 10.2. The number of hydrogen-bond donors (Lipinski definition) is 1. The predicted molar refractivity (Wildman–Crippen MR) is 66.2 cm³/mol. The number of phenols is 1. The summed E-state index contributed by atoms with van der Waals surface area (Å²) in [5, 5.41) is 9.63. The van der Waals surface area contributed by atoms with Crippen molar-refractivity contribution >= 4 is 0 Å². The molecule has 17 heavy (non-hydrogen) atoms. The van der Waals surface area contributed by atoms with E-state index in [1.54, 1.807) is 6.07 Å². The van der Waals surface area contributed by atoms with Crippen LogP contribution >= 0.6 is 0 Å². The third-order valence-corrected chi connectivity index (χ3v) is 4.05. The van der Waals surface area contributed by atoms with E-state index in [4.69, 9.17) is 4.74 Å². The van der Waals surface area contributed by atoms with Crippen molar-refractivity contribution in [3.63, 3.8) is 0 Å². The van der Waals surface area contributed by atoms with Crippen molar-refractivity contribution in [1.82, 2.24) is 4.90 Å². The highest BCUT2D eigenvalue weighted by Gasteiger charge is 2.36. The van der Waals surface area contributed by atoms with Crippen LogP contribution in [0.25, 0.3) is 0 Å². The second kappa shape index (κ2) is 4.31. The van der Waals surface area contributed by atoms with Crippen molar-refractivity contribution in [2.45, 2.75) is 31.9 Å². The summed E-state index contributed by atoms with van der Waals surface area (Å²) in [6.45, 7) is 5.12. The Labute approximate surface area is 102 Å². The molecule has 2 aliphatic rings. The van der Waals surface area contributed by atoms with Crippen LogP contribution in [0.5, 0.6) is 5.75 Å². The van der Waals surface area contributed by atoms with E-state index in [0.29, 0.717) is 11.8 Å². The summed E-state index contributed by atoms with van der Waals surface area (Å²) in [4.78, 5) is 2.50. The highest BCUT2D eigenvalue weighted by molar-refractivity contribution is 5.39. The van der Waals surface area contributed by atoms with Crippen molar-refractivity contribution in [2.24, 2.45) is 0 Å². The van der Waals surface area contributed by atoms with Crippen LogP contribution in [0.3, 0.4) is 0 Å². The van der Waals surface area contributed by atoms with E-state index < -0.39 is 0 Å². The standard InChI is InChI=1S/C14H19NO2/c1-2-15-7-8-17-14-12-9-11(16)5-3-10(12)4-6-13(14)15/h3,5,9,13-14,16H,2,4,6-8H2,1H3/t13-,14?/m1/s1. The average Bonchev–Trinajstić information content (AvgIpc) is 2.37. The van der Waals surface area contributed by atoms with Crippen LogP contribution in [0, 0.1) is 0 Å². The summed E-state index contributed by atoms with van der Waals surface area (Å²) in [5.74, 6) is 0.349. The molecule has 0 amide bonds. The molecular formula is C14H19NO2. The molecule has 1 unspecified atom stereocenters. The van der Waals surface area contributed by atoms with Crippen molar-refractivity contribution in [2.75, 3.05) is 19.7 Å². The molecular weight excluding hydrogens is 214 g/mol. The van der Waals surface area contributed by atoms with Crippen LogP contribution in [0.15, 0.2) is 18.2 Å². The molecule has 3 nitrogen and oxygen atoms in total. The summed E-state index contributed by atoms with van der Waals surface area (Å²) in [7, 11) is 0. The number of nitrogens with zero attached hydrogens (tertiary/aromatic N) is 1. The Morgan fingerprint density at radius 1 is 1.47 bits per heavy atom. The van der Waals surface area contributed by atoms with Gasteiger partial charge in [-0.1, -0.05) is 13.0 Å². The topological polar surface area (TPSA) is 32.7 Å². The Kier molecular flexibility index (Phi) is 2.81. The van der Waals surface area contributed by atoms with Gasteiger partial charge in [0.1, 0.15) is 5.75 Å². The molecule has 0 aromatic heterocycles. The summed E-state index contributed by atoms with van der Waals surface area (Å²) in [6, 6.07) is 6.18. The van der Waals surface area contributed by atoms with Gasteiger partial charge in [0.15, 0.2) is 0 Å². The number of phenolic OH excluding ortho intramolecular Hbond substituents is 1. The molecule has 1 aromatic rings. The second-order valence-corrected chi connectivity index (χ2v) is 4.91. The molecule has 1 fully saturated rings. The molecule has 1 saturated heterocycles. The van der Waals surface area contributed by atoms with Crippen LogP contribution in [-0.2, 0) is 11.2 Å². The minimum atomic E-state index is 0.152. The SMILES string of the molecule is CCN1CCOC2c3cc(O)ccc3CC[C@H]21. The first kappa shape index (κ1) is 11.1. The van der Waals surface area contributed by atoms with Gasteiger partial charge in [0, 0.05) is 12.6 Å². The van der Waals surface area contributed by atoms with Gasteiger partial charge in [-0.15, -0.1) is 0 Å². The van der Waals surface area contributed by atoms with E-state index in [2.05, 4.69) is 11.8 Å². The van der Waals surface area contributed by atoms with Crippen LogP contribution in [0.4, 0.5) is 0 Å². The first-order valence-electron chi connectivity index (χ1n) is 6.47. The van der Waals surface area contributed by atoms with E-state index in [1.807, 2.05) is 12.1 Å². The number of rotatable bonds is 1. The van der Waals surface area contributed by atoms with E-state index in [9.17, 15) is 5.11 Å². The number of aromatic hydroxyl groups is 1. The van der Waals surface area contributed by atoms with Gasteiger partial charge in [-0.3, -0.25) is 4.90 Å². The fourth-order valence-corrected chi connectivity index (χ4v) is 3.17. The van der Waals surface area contributed by atoms with Crippen molar-refractivity contribution in [1.29, 1.82) is 0 Å². The number of likely N-dealkylation sites (N-methyl/N-ethyl adjacent to an activating group) is 1. The summed E-state index contributed by atoms with van der Waals surface area (Å²) < 4.78 is 5.94. The monoisotopic (exact) mass is 233 g/mol. The lowest BCUT2D eigenvalue weighted by molar-refractivity contribution is -0.0784. The lowest BCUT2D eigenvalue weighted by atomic mass is 9.84. The van der Waals surface area contributed by atoms with E-state index in [1.165, 1.54) is 11.1 Å². The van der Waals surface area contributed by atoms with Crippen LogP contribution in [-0.4, -0.2) is 35.7 Å². The zero-order valence-corrected chi connectivity index (χ0v) is 10.2. The summed E-state index contributed by atoms with van der Waals surface area (Å²) in [5.41, 5.74) is 2.53. The molecule has 1 aromatic carbocycles. The van der Waals surface area contributed by atoms with Gasteiger partial charge < -0.3 is 9.84 Å². The quantitative estimate of drug-likeness (QED) is 0.806. The van der Waals surface area contributed by atoms with Gasteiger partial charge in [-0.05, 0) is 42.6 Å². The van der Waals surface area contributed by atoms with Gasteiger partial charge >= 0.3 is 0 Å². The maximum absolute atomic E-state index is 9.63. The van der Waals surface area contributed by atoms with Gasteiger partial charge in [-0.25, -0.2) is 0 Å². The molecule has 92 valence electrons. The van der Waals surface area contributed by atoms with Gasteiger partial charge in [0.25, 0.3) is 0 Å². The molecule has 1 heterocycles. The first-order valence-corrected chi connectivity index (χ1v) is 6.47. The van der Waals surface area contributed by atoms with Crippen molar-refractivity contribution in [3.05, 3.63) is 29.3 Å². The van der Waals surface area contributed by atoms with Crippen LogP contribution in [0.2, 0.25) is 0 Å². The molecule has 0 bridgehead atoms. The van der Waals surface area contributed by atoms with Crippen molar-refractivity contribution < 1.29 is 9.84 Å². The number of fused-ring (bicyclic) bond motifs is 3. The molecule has 2 atom stereocenters. The summed E-state index contributed by atoms with van der Waals surface area (Å²) >= 11 is 0. The molecule has 1 N–H and O–H groups in total. The molecule has 0 saturated carbocycles. The van der Waals surface area contributed by atoms with E-state index in [-0.39, 0.29) is 6.10 Å². The second-order valence-electron chi connectivity index (χ2n) is 4.91. The zero-order chi connectivity index (χ0) is 11.8. The number of ether oxygens (including phenoxy) is 1. The Balaban J connectivity index is 1.97. The van der Waals surface area contributed by atoms with Gasteiger partial charge in [0.05, 0.1) is 12.7 Å². The third-order valence-electron chi connectivity index (χ3n) is 4.05. The van der Waals surface area contributed by atoms with Gasteiger partial charge in [0.2, 0.25) is 0 Å². The fourth-order valence-electron chi connectivity index (χ4n) is 3.17. The molecule has 0 radical (unpaired) electrons. The van der Waals surface area contributed by atoms with Crippen molar-refractivity contribution in [3.8, 4) is 5.75 Å². The predicted octanol–water partition coefficient (Wildman–Crippen LogP) is 2.10. The maximum atomic E-state index is 9.63. The van der Waals surface area contributed by atoms with E-state index in [0.717, 1.165) is 32.5 Å². The molecule has 3 rings (SSSR count). The Hall–Kier alpha value is -1.06. The number of benzene rings is 1. The van der Waals surface area contributed by atoms with Crippen LogP contribution < -0.4 is 0 Å². The third kappa shape index (κ3) is 1.83. The molecule has 0 spiro atoms. The lowest BCUT2D eigenvalue weighted by Crippen LogP contribution is -2.48. The molecule has 1 aliphatic heterocycles. The smallest absolute Gasteiger partial charge is 0.115 e. The molecule has 1 aliphatic carbocycles. The average molecular weight is 233 g/mol. The van der Waals surface area contributed by atoms with Crippen LogP contribution in [0.1, 0.15) is 30.6 Å². The summed E-state index contributed by atoms with van der Waals surface area (Å²) in [6.07, 6.45) is 2.41. The van der Waals surface area contributed by atoms with E-state index >= 15 is 0 Å². The highest BCUT2D eigenvalue weighted by Crippen LogP contribution is 2.38. The highest BCUT2D eigenvalue weighted by atomic mass is 16.5. The minimum Gasteiger partial charge on any atom is -0.508 e. The maximum Gasteiger partial charge on any atom is 0.115 e. The number of aryl methyl sites for hydroxylation is 1. The Bertz CT molecular complexity index is 419. The first-order chi connectivity index (χ1) is 8.29. The molecule has 3 heteroatoms. The normalized spacial score (nSPS) is 28.5. The fraction of sp³-hybridized carbons (Fsp3) is 0.571. The number of morpholine rings is 1. The largest absolute Gasteiger partial charge is 0.508 e. The van der Waals surface area contributed by atoms with Gasteiger partial charge in [-0.2, -0.15) is 0 Å². The Morgan fingerprint density at radius 3 is 3.18 bits per heavy atom. The minimum absolute atomic E-state index is 0.152. The lowest BCUT2D eigenvalue weighted by Gasteiger charge is -2.44.